The maximum absolute atomic E-state index is 14.1. The maximum atomic E-state index is 14.1. The first-order chi connectivity index (χ1) is 13.5. The van der Waals surface area contributed by atoms with E-state index in [0.717, 1.165) is 6.07 Å². The van der Waals surface area contributed by atoms with Gasteiger partial charge >= 0.3 is 6.09 Å². The molecule has 0 bridgehead atoms. The van der Waals surface area contributed by atoms with Gasteiger partial charge in [-0.05, 0) is 38.8 Å². The molecule has 1 heterocycles. The number of hydrogen-bond donors (Lipinski definition) is 3. The number of amides is 2. The van der Waals surface area contributed by atoms with E-state index in [9.17, 15) is 22.8 Å². The summed E-state index contributed by atoms with van der Waals surface area (Å²) in [5.41, 5.74) is 2.04. The molecule has 0 aliphatic carbocycles. The molecule has 3 N–H and O–H groups in total. The summed E-state index contributed by atoms with van der Waals surface area (Å²) in [7, 11) is 0. The highest BCUT2D eigenvalue weighted by Crippen LogP contribution is 2.17. The molecule has 0 spiro atoms. The Morgan fingerprint density at radius 3 is 2.52 bits per heavy atom. The van der Waals surface area contributed by atoms with E-state index in [4.69, 9.17) is 4.74 Å². The highest BCUT2D eigenvalue weighted by molar-refractivity contribution is 5.77. The minimum atomic E-state index is -1.31. The molecule has 7 nitrogen and oxygen atoms in total. The number of ether oxygens (including phenoxy) is 1. The van der Waals surface area contributed by atoms with Gasteiger partial charge in [0.15, 0.2) is 11.6 Å². The number of alkyl carbamates (subject to hydrolysis) is 1. The van der Waals surface area contributed by atoms with Gasteiger partial charge in [0.2, 0.25) is 5.91 Å². The zero-order chi connectivity index (χ0) is 21.6. The molecule has 10 heteroatoms. The van der Waals surface area contributed by atoms with Crippen LogP contribution >= 0.6 is 0 Å². The van der Waals surface area contributed by atoms with Gasteiger partial charge in [0.25, 0.3) is 0 Å². The topological polar surface area (TPSA) is 82.7 Å². The van der Waals surface area contributed by atoms with E-state index < -0.39 is 35.2 Å². The van der Waals surface area contributed by atoms with Crippen molar-refractivity contribution in [2.24, 2.45) is 0 Å². The van der Waals surface area contributed by atoms with Crippen LogP contribution in [0.25, 0.3) is 0 Å². The number of nitrogens with one attached hydrogen (secondary N) is 3. The predicted molar refractivity (Wildman–Crippen MR) is 100 cm³/mol. The second-order valence-electron chi connectivity index (χ2n) is 7.81. The molecule has 162 valence electrons. The number of carbonyl (C=O) groups is 2. The molecule has 29 heavy (non-hydrogen) atoms. The van der Waals surface area contributed by atoms with E-state index in [0.29, 0.717) is 32.2 Å². The number of hydrogen-bond acceptors (Lipinski definition) is 5. The Labute approximate surface area is 167 Å². The third-order valence-corrected chi connectivity index (χ3v) is 4.12. The van der Waals surface area contributed by atoms with E-state index in [1.807, 2.05) is 0 Å². The van der Waals surface area contributed by atoms with Crippen molar-refractivity contribution >= 4 is 12.0 Å². The van der Waals surface area contributed by atoms with Crippen molar-refractivity contribution in [2.75, 3.05) is 26.2 Å². The van der Waals surface area contributed by atoms with Gasteiger partial charge in [-0.15, -0.1) is 0 Å². The smallest absolute Gasteiger partial charge is 0.407 e. The van der Waals surface area contributed by atoms with Crippen LogP contribution in [0.1, 0.15) is 32.8 Å². The van der Waals surface area contributed by atoms with Crippen molar-refractivity contribution in [2.45, 2.75) is 45.3 Å². The Morgan fingerprint density at radius 1 is 1.14 bits per heavy atom. The van der Waals surface area contributed by atoms with Crippen molar-refractivity contribution < 1.29 is 27.5 Å². The average molecular weight is 416 g/mol. The standard InChI is InChI=1S/C19H27F3N4O3/c1-19(2,3)29-18(28)25-13(8-12-9-15(21)16(22)11-14(12)20)10-17(27)26-7-6-23-4-5-24-26/h9,11,13,23-24H,4-8,10H2,1-3H3,(H,25,28)/t13-/m1/s1. The van der Waals surface area contributed by atoms with Crippen molar-refractivity contribution in [1.82, 2.24) is 21.1 Å². The molecule has 0 radical (unpaired) electrons. The van der Waals surface area contributed by atoms with Crippen LogP contribution in [-0.4, -0.2) is 54.8 Å². The first kappa shape index (κ1) is 23.0. The lowest BCUT2D eigenvalue weighted by Gasteiger charge is -2.26. The molecule has 1 saturated heterocycles. The van der Waals surface area contributed by atoms with Gasteiger partial charge in [0.1, 0.15) is 11.4 Å². The lowest BCUT2D eigenvalue weighted by atomic mass is 10.0. The van der Waals surface area contributed by atoms with E-state index in [1.165, 1.54) is 5.01 Å². The van der Waals surface area contributed by atoms with Gasteiger partial charge in [0, 0.05) is 44.7 Å². The fraction of sp³-hybridized carbons (Fsp3) is 0.579. The molecule has 1 aromatic carbocycles. The van der Waals surface area contributed by atoms with Gasteiger partial charge in [-0.3, -0.25) is 9.80 Å². The molecule has 0 saturated carbocycles. The van der Waals surface area contributed by atoms with Gasteiger partial charge < -0.3 is 15.4 Å². The van der Waals surface area contributed by atoms with Crippen LogP contribution in [0.5, 0.6) is 0 Å². The van der Waals surface area contributed by atoms with E-state index in [-0.39, 0.29) is 24.3 Å². The van der Waals surface area contributed by atoms with Crippen LogP contribution in [0.3, 0.4) is 0 Å². The summed E-state index contributed by atoms with van der Waals surface area (Å²) >= 11 is 0. The average Bonchev–Trinajstić information content (AvgIpc) is 2.87. The Bertz CT molecular complexity index is 732. The zero-order valence-electron chi connectivity index (χ0n) is 16.8. The lowest BCUT2D eigenvalue weighted by Crippen LogP contribution is -2.48. The molecule has 1 aliphatic rings. The minimum absolute atomic E-state index is 0.150. The number of carbonyl (C=O) groups excluding carboxylic acids is 2. The molecule has 1 fully saturated rings. The molecular formula is C19H27F3N4O3. The second-order valence-corrected chi connectivity index (χ2v) is 7.81. The van der Waals surface area contributed by atoms with Crippen molar-refractivity contribution in [3.05, 3.63) is 35.1 Å². The number of nitrogens with zero attached hydrogens (tertiary/aromatic N) is 1. The second kappa shape index (κ2) is 9.93. The molecule has 0 unspecified atom stereocenters. The summed E-state index contributed by atoms with van der Waals surface area (Å²) in [6, 6.07) is 0.293. The van der Waals surface area contributed by atoms with Crippen LogP contribution in [0.4, 0.5) is 18.0 Å². The number of hydrazine groups is 1. The number of halogens is 3. The Kier molecular flexibility index (Phi) is 7.86. The minimum Gasteiger partial charge on any atom is -0.444 e. The maximum Gasteiger partial charge on any atom is 0.407 e. The monoisotopic (exact) mass is 416 g/mol. The SMILES string of the molecule is CC(C)(C)OC(=O)N[C@@H](CC(=O)N1CCNCCN1)Cc1cc(F)c(F)cc1F. The third kappa shape index (κ3) is 7.54. The van der Waals surface area contributed by atoms with E-state index in [2.05, 4.69) is 16.1 Å². The van der Waals surface area contributed by atoms with Crippen LogP contribution in [0.15, 0.2) is 12.1 Å². The quantitative estimate of drug-likeness (QED) is 0.639. The summed E-state index contributed by atoms with van der Waals surface area (Å²) < 4.78 is 46.0. The fourth-order valence-corrected chi connectivity index (χ4v) is 2.84. The van der Waals surface area contributed by atoms with E-state index in [1.54, 1.807) is 20.8 Å². The Balaban J connectivity index is 2.15. The third-order valence-electron chi connectivity index (χ3n) is 4.12. The first-order valence-corrected chi connectivity index (χ1v) is 9.42. The molecule has 0 aromatic heterocycles. The summed E-state index contributed by atoms with van der Waals surface area (Å²) in [4.78, 5) is 24.8. The summed E-state index contributed by atoms with van der Waals surface area (Å²) in [5, 5.41) is 7.09. The molecule has 1 aromatic rings. The molecule has 1 aliphatic heterocycles. The van der Waals surface area contributed by atoms with Crippen LogP contribution in [-0.2, 0) is 16.0 Å². The van der Waals surface area contributed by atoms with Crippen LogP contribution < -0.4 is 16.1 Å². The van der Waals surface area contributed by atoms with Gasteiger partial charge in [-0.25, -0.2) is 23.4 Å². The normalized spacial score (nSPS) is 16.1. The van der Waals surface area contributed by atoms with Crippen molar-refractivity contribution in [1.29, 1.82) is 0 Å². The zero-order valence-corrected chi connectivity index (χ0v) is 16.8. The Hall–Kier alpha value is -2.33. The summed E-state index contributed by atoms with van der Waals surface area (Å²) in [6.07, 6.45) is -1.17. The first-order valence-electron chi connectivity index (χ1n) is 9.42. The van der Waals surface area contributed by atoms with Crippen molar-refractivity contribution in [3.8, 4) is 0 Å². The van der Waals surface area contributed by atoms with Crippen LogP contribution in [0, 0.1) is 17.5 Å². The summed E-state index contributed by atoms with van der Waals surface area (Å²) in [5.74, 6) is -3.79. The lowest BCUT2D eigenvalue weighted by molar-refractivity contribution is -0.134. The molecular weight excluding hydrogens is 389 g/mol. The highest BCUT2D eigenvalue weighted by atomic mass is 19.2. The Morgan fingerprint density at radius 2 is 1.83 bits per heavy atom. The largest absolute Gasteiger partial charge is 0.444 e. The van der Waals surface area contributed by atoms with Crippen molar-refractivity contribution in [3.63, 3.8) is 0 Å². The number of rotatable bonds is 5. The van der Waals surface area contributed by atoms with Crippen LogP contribution in [0.2, 0.25) is 0 Å². The van der Waals surface area contributed by atoms with Gasteiger partial charge in [-0.1, -0.05) is 0 Å². The molecule has 2 rings (SSSR count). The fourth-order valence-electron chi connectivity index (χ4n) is 2.84. The van der Waals surface area contributed by atoms with E-state index >= 15 is 0 Å². The molecule has 1 atom stereocenters. The van der Waals surface area contributed by atoms with Gasteiger partial charge in [0.05, 0.1) is 0 Å². The number of benzene rings is 1. The summed E-state index contributed by atoms with van der Waals surface area (Å²) in [6.45, 7) is 7.29. The highest BCUT2D eigenvalue weighted by Gasteiger charge is 2.25. The predicted octanol–water partition coefficient (Wildman–Crippen LogP) is 1.87. The molecule has 2 amide bonds. The van der Waals surface area contributed by atoms with Gasteiger partial charge in [-0.2, -0.15) is 0 Å².